The average molecular weight is 245 g/mol. The van der Waals surface area contributed by atoms with Gasteiger partial charge in [-0.05, 0) is 6.92 Å². The van der Waals surface area contributed by atoms with Crippen molar-refractivity contribution in [3.8, 4) is 0 Å². The molecule has 88 valence electrons. The molecule has 1 aromatic rings. The fourth-order valence-electron chi connectivity index (χ4n) is 1.63. The molecule has 0 saturated carbocycles. The summed E-state index contributed by atoms with van der Waals surface area (Å²) in [6, 6.07) is -0.114. The molecule has 1 aromatic heterocycles. The number of hydrogen-bond acceptors (Lipinski definition) is 4. The second-order valence-corrected chi connectivity index (χ2v) is 4.37. The Kier molecular flexibility index (Phi) is 3.40. The zero-order valence-electron chi connectivity index (χ0n) is 8.84. The van der Waals surface area contributed by atoms with Crippen molar-refractivity contribution in [3.05, 3.63) is 12.4 Å². The van der Waals surface area contributed by atoms with Crippen LogP contribution in [0, 0.1) is 0 Å². The van der Waals surface area contributed by atoms with E-state index in [0.29, 0.717) is 13.2 Å². The van der Waals surface area contributed by atoms with E-state index >= 15 is 0 Å². The maximum atomic E-state index is 11.5. The fourth-order valence-corrected chi connectivity index (χ4v) is 1.70. The van der Waals surface area contributed by atoms with Crippen molar-refractivity contribution < 1.29 is 9.53 Å². The lowest BCUT2D eigenvalue weighted by Crippen LogP contribution is -2.43. The summed E-state index contributed by atoms with van der Waals surface area (Å²) in [7, 11) is 0. The number of rotatable bonds is 3. The van der Waals surface area contributed by atoms with Crippen LogP contribution in [0.2, 0.25) is 0 Å². The molecule has 16 heavy (non-hydrogen) atoms. The maximum Gasteiger partial charge on any atom is 0.238 e. The Morgan fingerprint density at radius 2 is 2.50 bits per heavy atom. The van der Waals surface area contributed by atoms with Gasteiger partial charge in [0.15, 0.2) is 0 Å². The van der Waals surface area contributed by atoms with Crippen molar-refractivity contribution in [2.45, 2.75) is 24.4 Å². The van der Waals surface area contributed by atoms with Crippen LogP contribution in [0.5, 0.6) is 0 Å². The molecule has 1 unspecified atom stereocenters. The van der Waals surface area contributed by atoms with E-state index in [1.54, 1.807) is 24.0 Å². The van der Waals surface area contributed by atoms with Crippen LogP contribution in [0.1, 0.15) is 13.0 Å². The van der Waals surface area contributed by atoms with E-state index in [4.69, 9.17) is 16.3 Å². The van der Waals surface area contributed by atoms with Crippen LogP contribution in [-0.4, -0.2) is 45.5 Å². The largest absolute Gasteiger partial charge is 0.377 e. The van der Waals surface area contributed by atoms with Crippen molar-refractivity contribution in [2.75, 3.05) is 13.2 Å². The second-order valence-electron chi connectivity index (χ2n) is 3.72. The standard InChI is InChI=1S/C9H13ClN4O2/c1-6(10)9(15)12-7-4-16-5-8(7)14-3-2-11-13-14/h2-3,6-8H,4-5H2,1H3,(H,12,15)/t6?,7-,8+/m1/s1. The van der Waals surface area contributed by atoms with Crippen LogP contribution in [0.3, 0.4) is 0 Å². The van der Waals surface area contributed by atoms with Crippen LogP contribution in [0.4, 0.5) is 0 Å². The van der Waals surface area contributed by atoms with Gasteiger partial charge in [0.05, 0.1) is 31.5 Å². The molecule has 1 fully saturated rings. The fraction of sp³-hybridized carbons (Fsp3) is 0.667. The molecule has 1 aliphatic rings. The van der Waals surface area contributed by atoms with E-state index in [1.807, 2.05) is 0 Å². The van der Waals surface area contributed by atoms with E-state index in [1.165, 1.54) is 0 Å². The van der Waals surface area contributed by atoms with Gasteiger partial charge in [-0.3, -0.25) is 4.79 Å². The van der Waals surface area contributed by atoms with Crippen LogP contribution in [-0.2, 0) is 9.53 Å². The van der Waals surface area contributed by atoms with E-state index in [9.17, 15) is 4.79 Å². The number of nitrogens with zero attached hydrogens (tertiary/aromatic N) is 3. The summed E-state index contributed by atoms with van der Waals surface area (Å²) >= 11 is 5.69. The van der Waals surface area contributed by atoms with Crippen LogP contribution in [0.15, 0.2) is 12.4 Å². The number of aromatic nitrogens is 3. The predicted molar refractivity (Wildman–Crippen MR) is 57.1 cm³/mol. The van der Waals surface area contributed by atoms with Crippen molar-refractivity contribution in [1.82, 2.24) is 20.3 Å². The molecule has 1 amide bonds. The number of hydrogen-bond donors (Lipinski definition) is 1. The highest BCUT2D eigenvalue weighted by molar-refractivity contribution is 6.30. The van der Waals surface area contributed by atoms with Gasteiger partial charge in [-0.2, -0.15) is 0 Å². The summed E-state index contributed by atoms with van der Waals surface area (Å²) in [5, 5.41) is 9.92. The lowest BCUT2D eigenvalue weighted by molar-refractivity contribution is -0.121. The van der Waals surface area contributed by atoms with Crippen molar-refractivity contribution in [2.24, 2.45) is 0 Å². The SMILES string of the molecule is CC(Cl)C(=O)N[C@@H]1COC[C@@H]1n1ccnn1. The number of amides is 1. The first-order valence-electron chi connectivity index (χ1n) is 5.06. The predicted octanol–water partition coefficient (Wildman–Crippen LogP) is -0.0385. The number of ether oxygens (including phenoxy) is 1. The summed E-state index contributed by atoms with van der Waals surface area (Å²) in [6.07, 6.45) is 3.35. The lowest BCUT2D eigenvalue weighted by atomic mass is 10.1. The molecule has 6 nitrogen and oxygen atoms in total. The quantitative estimate of drug-likeness (QED) is 0.758. The summed E-state index contributed by atoms with van der Waals surface area (Å²) < 4.78 is 7.02. The first kappa shape index (κ1) is 11.3. The third kappa shape index (κ3) is 2.33. The van der Waals surface area contributed by atoms with Gasteiger partial charge in [-0.25, -0.2) is 4.68 Å². The third-order valence-electron chi connectivity index (χ3n) is 2.52. The maximum absolute atomic E-state index is 11.5. The van der Waals surface area contributed by atoms with Crippen LogP contribution in [0.25, 0.3) is 0 Å². The molecule has 0 aromatic carbocycles. The molecule has 0 bridgehead atoms. The molecule has 7 heteroatoms. The highest BCUT2D eigenvalue weighted by Crippen LogP contribution is 2.18. The Bertz CT molecular complexity index is 354. The van der Waals surface area contributed by atoms with Crippen molar-refractivity contribution in [3.63, 3.8) is 0 Å². The lowest BCUT2D eigenvalue weighted by Gasteiger charge is -2.19. The average Bonchev–Trinajstić information content (AvgIpc) is 2.85. The number of halogens is 1. The van der Waals surface area contributed by atoms with Crippen LogP contribution >= 0.6 is 11.6 Å². The zero-order chi connectivity index (χ0) is 11.5. The number of carbonyl (C=O) groups is 1. The van der Waals surface area contributed by atoms with E-state index in [2.05, 4.69) is 15.6 Å². The molecule has 0 radical (unpaired) electrons. The van der Waals surface area contributed by atoms with Gasteiger partial charge in [0.2, 0.25) is 5.91 Å². The normalized spacial score (nSPS) is 26.6. The number of nitrogens with one attached hydrogen (secondary N) is 1. The Balaban J connectivity index is 2.01. The first-order valence-corrected chi connectivity index (χ1v) is 5.50. The highest BCUT2D eigenvalue weighted by Gasteiger charge is 2.32. The van der Waals surface area contributed by atoms with Crippen LogP contribution < -0.4 is 5.32 Å². The molecule has 1 saturated heterocycles. The summed E-state index contributed by atoms with van der Waals surface area (Å²) in [6.45, 7) is 2.63. The minimum atomic E-state index is -0.544. The molecule has 1 aliphatic heterocycles. The van der Waals surface area contributed by atoms with Gasteiger partial charge in [-0.15, -0.1) is 16.7 Å². The summed E-state index contributed by atoms with van der Waals surface area (Å²) in [5.41, 5.74) is 0. The Labute approximate surface area is 97.9 Å². The topological polar surface area (TPSA) is 69.0 Å². The number of carbonyl (C=O) groups excluding carboxylic acids is 1. The Morgan fingerprint density at radius 3 is 3.12 bits per heavy atom. The highest BCUT2D eigenvalue weighted by atomic mass is 35.5. The molecule has 0 spiro atoms. The Morgan fingerprint density at radius 1 is 1.69 bits per heavy atom. The molecule has 1 N–H and O–H groups in total. The van der Waals surface area contributed by atoms with Gasteiger partial charge in [-0.1, -0.05) is 5.21 Å². The second kappa shape index (κ2) is 4.80. The monoisotopic (exact) mass is 244 g/mol. The molecule has 2 heterocycles. The van der Waals surface area contributed by atoms with Crippen molar-refractivity contribution >= 4 is 17.5 Å². The zero-order valence-corrected chi connectivity index (χ0v) is 9.59. The summed E-state index contributed by atoms with van der Waals surface area (Å²) in [4.78, 5) is 11.5. The molecule has 0 aliphatic carbocycles. The van der Waals surface area contributed by atoms with Gasteiger partial charge in [0.1, 0.15) is 5.38 Å². The Hall–Kier alpha value is -1.14. The summed E-state index contributed by atoms with van der Waals surface area (Å²) in [5.74, 6) is -0.192. The molecular formula is C9H13ClN4O2. The third-order valence-corrected chi connectivity index (χ3v) is 2.72. The van der Waals surface area contributed by atoms with E-state index < -0.39 is 5.38 Å². The van der Waals surface area contributed by atoms with Gasteiger partial charge in [0.25, 0.3) is 0 Å². The number of alkyl halides is 1. The first-order chi connectivity index (χ1) is 7.68. The molecular weight excluding hydrogens is 232 g/mol. The van der Waals surface area contributed by atoms with Gasteiger partial charge in [0, 0.05) is 6.20 Å². The van der Waals surface area contributed by atoms with Gasteiger partial charge < -0.3 is 10.1 Å². The van der Waals surface area contributed by atoms with E-state index in [0.717, 1.165) is 0 Å². The molecule has 2 rings (SSSR count). The van der Waals surface area contributed by atoms with Crippen molar-refractivity contribution in [1.29, 1.82) is 0 Å². The van der Waals surface area contributed by atoms with E-state index in [-0.39, 0.29) is 18.0 Å². The molecule has 3 atom stereocenters. The minimum Gasteiger partial charge on any atom is -0.377 e. The van der Waals surface area contributed by atoms with Gasteiger partial charge >= 0.3 is 0 Å². The smallest absolute Gasteiger partial charge is 0.238 e. The minimum absolute atomic E-state index is 0.0122.